The second-order valence-electron chi connectivity index (χ2n) is 21.9. The van der Waals surface area contributed by atoms with Gasteiger partial charge in [-0.3, -0.25) is 0 Å². The van der Waals surface area contributed by atoms with Crippen molar-refractivity contribution in [2.75, 3.05) is 56.9 Å². The second-order valence-corrected chi connectivity index (χ2v) is 23.8. The number of benzene rings is 6. The Morgan fingerprint density at radius 1 is 0.385 bits per heavy atom. The first-order valence-corrected chi connectivity index (χ1v) is 27.5. The number of hydrogen-bond acceptors (Lipinski definition) is 10. The lowest BCUT2D eigenvalue weighted by molar-refractivity contribution is 0.392. The number of ether oxygens (including phenoxy) is 8. The van der Waals surface area contributed by atoms with Crippen LogP contribution in [0.25, 0.3) is 66.0 Å². The van der Waals surface area contributed by atoms with Crippen molar-refractivity contribution >= 4 is 75.6 Å². The molecule has 0 atom stereocenters. The Morgan fingerprint density at radius 3 is 1.00 bits per heavy atom. The number of halogens is 2. The SMILES string of the molecule is COc1cc(OC)c2c(-c3ccc(Br)cc3)c3[nH]c2c1Cc1c(OC)cc(OC)c2c(-c4ccc(Br)cc4)c([nH]c12)Cc1c(OC)cc(OC)c2c(C(C)(C)C)c(oc12)Cc1oc2c(c(OC)cc(OC)c2c1C(C)(C)C)C3. The van der Waals surface area contributed by atoms with Crippen molar-refractivity contribution in [3.05, 3.63) is 138 Å². The van der Waals surface area contributed by atoms with E-state index in [1.807, 2.05) is 24.3 Å². The molecule has 11 rings (SSSR count). The molecule has 2 N–H and O–H groups in total. The molecule has 8 bridgehead atoms. The van der Waals surface area contributed by atoms with Crippen LogP contribution >= 0.6 is 31.9 Å². The molecule has 0 saturated heterocycles. The molecule has 0 unspecified atom stereocenters. The molecule has 12 nitrogen and oxygen atoms in total. The fraction of sp³-hybridized carbons (Fsp3) is 0.312. The number of hydrogen-bond donors (Lipinski definition) is 2. The average molecular weight is 1180 g/mol. The van der Waals surface area contributed by atoms with Crippen LogP contribution in [0.4, 0.5) is 0 Å². The molecule has 6 aromatic carbocycles. The highest BCUT2D eigenvalue weighted by Crippen LogP contribution is 2.53. The zero-order valence-corrected chi connectivity index (χ0v) is 49.8. The van der Waals surface area contributed by atoms with Gasteiger partial charge in [0.25, 0.3) is 0 Å². The van der Waals surface area contributed by atoms with E-state index >= 15 is 0 Å². The first-order chi connectivity index (χ1) is 37.4. The van der Waals surface area contributed by atoms with Crippen LogP contribution < -0.4 is 37.9 Å². The molecule has 1 aliphatic rings. The van der Waals surface area contributed by atoms with Crippen LogP contribution in [0.5, 0.6) is 46.0 Å². The number of H-pyrrole nitrogens is 2. The molecule has 4 aromatic heterocycles. The summed E-state index contributed by atoms with van der Waals surface area (Å²) in [4.78, 5) is 8.02. The third kappa shape index (κ3) is 8.52. The van der Waals surface area contributed by atoms with Gasteiger partial charge in [0.2, 0.25) is 0 Å². The molecule has 0 saturated carbocycles. The molecule has 78 heavy (non-hydrogen) atoms. The fourth-order valence-corrected chi connectivity index (χ4v) is 12.7. The molecule has 5 heterocycles. The average Bonchev–Trinajstić information content (AvgIpc) is 4.39. The summed E-state index contributed by atoms with van der Waals surface area (Å²) >= 11 is 7.42. The first-order valence-electron chi connectivity index (χ1n) is 25.9. The van der Waals surface area contributed by atoms with Gasteiger partial charge in [-0.2, -0.15) is 0 Å². The maximum Gasteiger partial charge on any atom is 0.145 e. The number of methoxy groups -OCH3 is 8. The Balaban J connectivity index is 1.35. The molecule has 0 amide bonds. The number of nitrogens with one attached hydrogen (secondary N) is 2. The van der Waals surface area contributed by atoms with E-state index in [0.29, 0.717) is 82.8 Å². The van der Waals surface area contributed by atoms with E-state index in [0.717, 1.165) is 120 Å². The summed E-state index contributed by atoms with van der Waals surface area (Å²) in [5, 5.41) is 3.52. The molecule has 0 radical (unpaired) electrons. The summed E-state index contributed by atoms with van der Waals surface area (Å²) in [6, 6.07) is 24.7. The first kappa shape index (κ1) is 52.9. The number of fused-ring (bicyclic) bond motifs is 4. The van der Waals surface area contributed by atoms with Gasteiger partial charge < -0.3 is 56.7 Å². The summed E-state index contributed by atoms with van der Waals surface area (Å²) in [7, 11) is 13.6. The summed E-state index contributed by atoms with van der Waals surface area (Å²) in [6.07, 6.45) is 1.38. The smallest absolute Gasteiger partial charge is 0.145 e. The third-order valence-corrected chi connectivity index (χ3v) is 16.5. The highest BCUT2D eigenvalue weighted by atomic mass is 79.9. The van der Waals surface area contributed by atoms with Crippen molar-refractivity contribution in [2.24, 2.45) is 0 Å². The van der Waals surface area contributed by atoms with Crippen LogP contribution in [0.15, 0.2) is 90.6 Å². The Bertz CT molecular complexity index is 3740. The maximum atomic E-state index is 7.45. The van der Waals surface area contributed by atoms with Crippen LogP contribution in [-0.2, 0) is 36.5 Å². The van der Waals surface area contributed by atoms with Gasteiger partial charge in [0.1, 0.15) is 68.7 Å². The Kier molecular flexibility index (Phi) is 13.5. The summed E-state index contributed by atoms with van der Waals surface area (Å²) in [5.41, 5.74) is 13.3. The van der Waals surface area contributed by atoms with E-state index in [-0.39, 0.29) is 0 Å². The second kappa shape index (κ2) is 19.9. The molecule has 1 aliphatic heterocycles. The lowest BCUT2D eigenvalue weighted by Gasteiger charge is -2.22. The zero-order chi connectivity index (χ0) is 55.3. The highest BCUT2D eigenvalue weighted by Gasteiger charge is 2.37. The Hall–Kier alpha value is -7.16. The van der Waals surface area contributed by atoms with E-state index in [9.17, 15) is 0 Å². The molecule has 0 fully saturated rings. The van der Waals surface area contributed by atoms with E-state index < -0.39 is 10.8 Å². The summed E-state index contributed by atoms with van der Waals surface area (Å²) in [6.45, 7) is 13.3. The predicted molar refractivity (Wildman–Crippen MR) is 316 cm³/mol. The van der Waals surface area contributed by atoms with E-state index in [1.165, 1.54) is 0 Å². The van der Waals surface area contributed by atoms with Crippen molar-refractivity contribution in [1.29, 1.82) is 0 Å². The minimum Gasteiger partial charge on any atom is -0.496 e. The highest BCUT2D eigenvalue weighted by molar-refractivity contribution is 9.10. The lowest BCUT2D eigenvalue weighted by atomic mass is 9.81. The van der Waals surface area contributed by atoms with Crippen LogP contribution in [0.1, 0.15) is 97.8 Å². The normalized spacial score (nSPS) is 12.9. The maximum absolute atomic E-state index is 7.45. The standard InChI is InChI=1S/C64H64Br2N2O10/c1-63(2,3)57-49-30-50-58(64(4,5)6)56-48(76-14)29-44(72-10)38(62(56)78-50)25-40-52(32-17-21-34(66)22-18-32)54-46(74-12)27-42(70-8)36(60(54)68-40)23-35-41(69-7)26-45(73-11)53-51(31-15-19-33(65)20-16-31)39(67-59(35)53)24-37-43(71-9)28-47(75-13)55(57)61(37)77-49/h15-22,26-29,67-68H,23-25,30H2,1-14H3. The monoisotopic (exact) mass is 1180 g/mol. The van der Waals surface area contributed by atoms with E-state index in [4.69, 9.17) is 46.7 Å². The van der Waals surface area contributed by atoms with Crippen LogP contribution in [-0.4, -0.2) is 66.8 Å². The van der Waals surface area contributed by atoms with E-state index in [2.05, 4.69) is 132 Å². The molecule has 14 heteroatoms. The topological polar surface area (TPSA) is 132 Å². The summed E-state index contributed by atoms with van der Waals surface area (Å²) < 4.78 is 67.7. The molecular weight excluding hydrogens is 1120 g/mol. The molecule has 404 valence electrons. The number of aromatic nitrogens is 2. The summed E-state index contributed by atoms with van der Waals surface area (Å²) in [5.74, 6) is 6.55. The minimum atomic E-state index is -0.434. The fourth-order valence-electron chi connectivity index (χ4n) is 12.2. The van der Waals surface area contributed by atoms with Gasteiger partial charge in [-0.05, 0) is 46.2 Å². The van der Waals surface area contributed by atoms with Crippen molar-refractivity contribution < 1.29 is 46.7 Å². The van der Waals surface area contributed by atoms with Crippen LogP contribution in [0.3, 0.4) is 0 Å². The van der Waals surface area contributed by atoms with Gasteiger partial charge in [-0.1, -0.05) is 97.7 Å². The number of rotatable bonds is 10. The van der Waals surface area contributed by atoms with Crippen molar-refractivity contribution in [3.63, 3.8) is 0 Å². The van der Waals surface area contributed by atoms with Crippen LogP contribution in [0, 0.1) is 0 Å². The van der Waals surface area contributed by atoms with Crippen molar-refractivity contribution in [1.82, 2.24) is 9.97 Å². The van der Waals surface area contributed by atoms with Gasteiger partial charge in [0, 0.05) is 108 Å². The van der Waals surface area contributed by atoms with Crippen LogP contribution in [0.2, 0.25) is 0 Å². The molecule has 0 spiro atoms. The van der Waals surface area contributed by atoms with Gasteiger partial charge in [-0.15, -0.1) is 0 Å². The molecule has 0 aliphatic carbocycles. The third-order valence-electron chi connectivity index (χ3n) is 15.4. The van der Waals surface area contributed by atoms with Gasteiger partial charge >= 0.3 is 0 Å². The van der Waals surface area contributed by atoms with E-state index in [1.54, 1.807) is 56.9 Å². The predicted octanol–water partition coefficient (Wildman–Crippen LogP) is 16.3. The lowest BCUT2D eigenvalue weighted by Crippen LogP contribution is -2.16. The largest absolute Gasteiger partial charge is 0.496 e. The zero-order valence-electron chi connectivity index (χ0n) is 46.6. The van der Waals surface area contributed by atoms with Gasteiger partial charge in [-0.25, -0.2) is 0 Å². The molecule has 10 aromatic rings. The van der Waals surface area contributed by atoms with Crippen molar-refractivity contribution in [2.45, 2.75) is 78.1 Å². The van der Waals surface area contributed by atoms with Gasteiger partial charge in [0.05, 0.1) is 95.9 Å². The molecular formula is C64H64Br2N2O10. The quantitative estimate of drug-likeness (QED) is 0.136. The Labute approximate surface area is 470 Å². The minimum absolute atomic E-state index is 0.312. The van der Waals surface area contributed by atoms with Crippen molar-refractivity contribution in [3.8, 4) is 68.2 Å². The Morgan fingerprint density at radius 2 is 0.692 bits per heavy atom. The van der Waals surface area contributed by atoms with Gasteiger partial charge in [0.15, 0.2) is 0 Å². The number of furan rings is 2. The number of aromatic amines is 2.